The quantitative estimate of drug-likeness (QED) is 0.551. The fraction of sp³-hybridized carbons (Fsp3) is 1.00. The molecule has 0 aromatic heterocycles. The molecule has 0 spiro atoms. The zero-order valence-electron chi connectivity index (χ0n) is 7.00. The molecule has 104 valence electrons. The first-order valence-corrected chi connectivity index (χ1v) is 4.53. The predicted molar refractivity (Wildman–Crippen MR) is 30.9 cm³/mol. The van der Waals surface area contributed by atoms with Crippen molar-refractivity contribution in [3.63, 3.8) is 0 Å². The van der Waals surface area contributed by atoms with Crippen LogP contribution in [0.2, 0.25) is 0 Å². The van der Waals surface area contributed by atoms with Gasteiger partial charge in [-0.1, -0.05) is 0 Å². The molecular formula is C4F10O2S. The zero-order valence-corrected chi connectivity index (χ0v) is 7.82. The van der Waals surface area contributed by atoms with Crippen molar-refractivity contribution in [1.82, 2.24) is 0 Å². The molecule has 0 saturated carbocycles. The molecule has 0 radical (unpaired) electrons. The molecule has 0 unspecified atom stereocenters. The summed E-state index contributed by atoms with van der Waals surface area (Å²) >= 11 is 0. The third-order valence-electron chi connectivity index (χ3n) is 1.56. The fourth-order valence-corrected chi connectivity index (χ4v) is 1.73. The van der Waals surface area contributed by atoms with Gasteiger partial charge in [-0.2, -0.15) is 47.9 Å². The molecule has 2 nitrogen and oxygen atoms in total. The highest BCUT2D eigenvalue weighted by molar-refractivity contribution is 7.88. The monoisotopic (exact) mass is 302 g/mol. The highest BCUT2D eigenvalue weighted by Gasteiger charge is 2.91. The molecule has 0 rings (SSSR count). The number of halogens is 10. The Kier molecular flexibility index (Phi) is 3.46. The number of rotatable bonds is 1. The Morgan fingerprint density at radius 2 is 0.765 bits per heavy atom. The Bertz CT molecular complexity index is 346. The third kappa shape index (κ3) is 2.15. The van der Waals surface area contributed by atoms with Gasteiger partial charge >= 0.3 is 33.5 Å². The summed E-state index contributed by atoms with van der Waals surface area (Å²) in [6.45, 7) is 0. The molecule has 0 aromatic rings. The molecule has 0 aliphatic rings. The summed E-state index contributed by atoms with van der Waals surface area (Å²) in [6, 6.07) is 0. The van der Waals surface area contributed by atoms with Crippen LogP contribution in [0.15, 0.2) is 0 Å². The van der Waals surface area contributed by atoms with Crippen molar-refractivity contribution in [3.8, 4) is 0 Å². The van der Waals surface area contributed by atoms with Crippen LogP contribution in [0.25, 0.3) is 0 Å². The van der Waals surface area contributed by atoms with E-state index in [9.17, 15) is 51.8 Å². The molecule has 0 heterocycles. The minimum atomic E-state index is -8.07. The van der Waals surface area contributed by atoms with Crippen molar-refractivity contribution in [2.45, 2.75) is 23.3 Å². The van der Waals surface area contributed by atoms with Gasteiger partial charge in [-0.3, -0.25) is 0 Å². The van der Waals surface area contributed by atoms with Crippen molar-refractivity contribution in [1.29, 1.82) is 0 Å². The molecule has 0 aliphatic heterocycles. The van der Waals surface area contributed by atoms with Gasteiger partial charge in [0, 0.05) is 0 Å². The Morgan fingerprint density at radius 1 is 0.588 bits per heavy atom. The highest BCUT2D eigenvalue weighted by atomic mass is 32.3. The van der Waals surface area contributed by atoms with Crippen LogP contribution in [0.3, 0.4) is 0 Å². The SMILES string of the molecule is O=S(=O)(F)C(C(F)(F)F)(C(F)(F)F)C(F)(F)F. The van der Waals surface area contributed by atoms with E-state index >= 15 is 0 Å². The summed E-state index contributed by atoms with van der Waals surface area (Å²) < 4.78 is 130. The second-order valence-electron chi connectivity index (χ2n) is 2.61. The molecule has 0 fully saturated rings. The minimum absolute atomic E-state index is 7.44. The van der Waals surface area contributed by atoms with E-state index in [0.717, 1.165) is 0 Å². The first-order chi connectivity index (χ1) is 7.00. The van der Waals surface area contributed by atoms with Crippen LogP contribution in [0.1, 0.15) is 0 Å². The second-order valence-corrected chi connectivity index (χ2v) is 4.10. The largest absolute Gasteiger partial charge is 0.429 e. The lowest BCUT2D eigenvalue weighted by molar-refractivity contribution is -0.348. The summed E-state index contributed by atoms with van der Waals surface area (Å²) in [5.74, 6) is 0. The van der Waals surface area contributed by atoms with Crippen LogP contribution < -0.4 is 0 Å². The minimum Gasteiger partial charge on any atom is -0.193 e. The average Bonchev–Trinajstić information content (AvgIpc) is 1.67. The second kappa shape index (κ2) is 3.62. The van der Waals surface area contributed by atoms with Crippen LogP contribution in [0, 0.1) is 0 Å². The van der Waals surface area contributed by atoms with Crippen LogP contribution >= 0.6 is 0 Å². The Morgan fingerprint density at radius 3 is 0.765 bits per heavy atom. The van der Waals surface area contributed by atoms with Gasteiger partial charge in [-0.05, 0) is 0 Å². The molecule has 17 heavy (non-hydrogen) atoms. The van der Waals surface area contributed by atoms with Crippen LogP contribution in [-0.2, 0) is 10.2 Å². The van der Waals surface area contributed by atoms with Gasteiger partial charge in [0.15, 0.2) is 0 Å². The molecule has 0 saturated heterocycles. The summed E-state index contributed by atoms with van der Waals surface area (Å²) in [4.78, 5) is 0. The van der Waals surface area contributed by atoms with E-state index in [1.54, 1.807) is 0 Å². The van der Waals surface area contributed by atoms with Gasteiger partial charge in [-0.25, -0.2) is 0 Å². The van der Waals surface area contributed by atoms with Crippen LogP contribution in [0.5, 0.6) is 0 Å². The lowest BCUT2D eigenvalue weighted by atomic mass is 10.1. The molecule has 0 aliphatic carbocycles. The Hall–Kier alpha value is -0.750. The van der Waals surface area contributed by atoms with E-state index in [-0.39, 0.29) is 0 Å². The maximum atomic E-state index is 12.0. The van der Waals surface area contributed by atoms with Crippen LogP contribution in [0.4, 0.5) is 43.4 Å². The average molecular weight is 302 g/mol. The van der Waals surface area contributed by atoms with Gasteiger partial charge in [0.05, 0.1) is 0 Å². The molecular weight excluding hydrogens is 302 g/mol. The Labute approximate surface area is 86.4 Å². The lowest BCUT2D eigenvalue weighted by Gasteiger charge is -2.34. The van der Waals surface area contributed by atoms with E-state index in [1.165, 1.54) is 0 Å². The number of hydrogen-bond acceptors (Lipinski definition) is 2. The fourth-order valence-electron chi connectivity index (χ4n) is 0.897. The van der Waals surface area contributed by atoms with E-state index in [0.29, 0.717) is 0 Å². The lowest BCUT2D eigenvalue weighted by Crippen LogP contribution is -2.69. The number of hydrogen-bond donors (Lipinski definition) is 0. The summed E-state index contributed by atoms with van der Waals surface area (Å²) in [5, 5.41) is 0. The molecule has 0 amide bonds. The van der Waals surface area contributed by atoms with Crippen molar-refractivity contribution in [2.75, 3.05) is 0 Å². The van der Waals surface area contributed by atoms with Crippen molar-refractivity contribution in [3.05, 3.63) is 0 Å². The first-order valence-electron chi connectivity index (χ1n) is 3.14. The molecule has 0 bridgehead atoms. The van der Waals surface area contributed by atoms with Gasteiger partial charge in [0.25, 0.3) is 0 Å². The summed E-state index contributed by atoms with van der Waals surface area (Å²) in [6.07, 6.45) is -22.3. The molecule has 13 heteroatoms. The highest BCUT2D eigenvalue weighted by Crippen LogP contribution is 2.57. The first kappa shape index (κ1) is 16.2. The zero-order chi connectivity index (χ0) is 14.5. The number of alkyl halides is 9. The van der Waals surface area contributed by atoms with Crippen molar-refractivity contribution < 1.29 is 51.8 Å². The van der Waals surface area contributed by atoms with E-state index in [4.69, 9.17) is 0 Å². The molecule has 0 atom stereocenters. The smallest absolute Gasteiger partial charge is 0.193 e. The van der Waals surface area contributed by atoms with Crippen molar-refractivity contribution in [2.24, 2.45) is 0 Å². The van der Waals surface area contributed by atoms with Gasteiger partial charge in [-0.15, -0.1) is 3.89 Å². The Balaban J connectivity index is 6.60. The van der Waals surface area contributed by atoms with Gasteiger partial charge in [0.2, 0.25) is 0 Å². The standard InChI is InChI=1S/C4F10O2S/c5-2(6,7)1(3(8,9)10,4(11,12)13)17(14,15)16. The van der Waals surface area contributed by atoms with Crippen LogP contribution in [-0.4, -0.2) is 31.7 Å². The summed E-state index contributed by atoms with van der Waals surface area (Å²) in [7, 11) is -8.07. The normalized spacial score (nSPS) is 16.1. The van der Waals surface area contributed by atoms with E-state index in [2.05, 4.69) is 0 Å². The van der Waals surface area contributed by atoms with E-state index in [1.807, 2.05) is 0 Å². The maximum absolute atomic E-state index is 12.0. The molecule has 0 aromatic carbocycles. The van der Waals surface area contributed by atoms with Gasteiger partial charge < -0.3 is 0 Å². The summed E-state index contributed by atoms with van der Waals surface area (Å²) in [5.41, 5.74) is 0. The third-order valence-corrected chi connectivity index (χ3v) is 2.99. The molecule has 0 N–H and O–H groups in total. The van der Waals surface area contributed by atoms with E-state index < -0.39 is 33.5 Å². The van der Waals surface area contributed by atoms with Crippen molar-refractivity contribution >= 4 is 10.2 Å². The predicted octanol–water partition coefficient (Wildman–Crippen LogP) is 2.71. The maximum Gasteiger partial charge on any atom is 0.429 e. The topological polar surface area (TPSA) is 34.1 Å². The van der Waals surface area contributed by atoms with Gasteiger partial charge in [0.1, 0.15) is 0 Å².